The molecular formula is C17H30N4O. The number of aromatic nitrogens is 2. The molecule has 124 valence electrons. The van der Waals surface area contributed by atoms with Gasteiger partial charge in [0, 0.05) is 31.7 Å². The molecule has 1 atom stereocenters. The smallest absolute Gasteiger partial charge is 0.131 e. The Labute approximate surface area is 134 Å². The van der Waals surface area contributed by atoms with Crippen LogP contribution in [0.5, 0.6) is 0 Å². The van der Waals surface area contributed by atoms with Gasteiger partial charge in [-0.1, -0.05) is 13.8 Å². The maximum atomic E-state index is 10.7. The summed E-state index contributed by atoms with van der Waals surface area (Å²) >= 11 is 0. The van der Waals surface area contributed by atoms with Crippen molar-refractivity contribution in [3.8, 4) is 0 Å². The number of hydrogen-bond acceptors (Lipinski definition) is 5. The van der Waals surface area contributed by atoms with Gasteiger partial charge in [0.15, 0.2) is 0 Å². The minimum Gasteiger partial charge on any atom is -0.389 e. The van der Waals surface area contributed by atoms with Crippen LogP contribution in [0.1, 0.15) is 50.5 Å². The molecule has 0 aliphatic carbocycles. The van der Waals surface area contributed by atoms with Crippen LogP contribution in [0.4, 0.5) is 0 Å². The van der Waals surface area contributed by atoms with Crippen LogP contribution < -0.4 is 0 Å². The second kappa shape index (κ2) is 7.49. The summed E-state index contributed by atoms with van der Waals surface area (Å²) in [6.45, 7) is 7.77. The lowest BCUT2D eigenvalue weighted by Crippen LogP contribution is -2.40. The molecule has 5 heteroatoms. The zero-order valence-electron chi connectivity index (χ0n) is 14.4. The van der Waals surface area contributed by atoms with Crippen molar-refractivity contribution in [2.75, 3.05) is 33.7 Å². The quantitative estimate of drug-likeness (QED) is 0.900. The van der Waals surface area contributed by atoms with E-state index in [0.29, 0.717) is 5.92 Å². The number of hydrogen-bond donors (Lipinski definition) is 1. The van der Waals surface area contributed by atoms with Gasteiger partial charge < -0.3 is 10.0 Å². The van der Waals surface area contributed by atoms with Crippen LogP contribution in [-0.2, 0) is 6.54 Å². The van der Waals surface area contributed by atoms with Crippen LogP contribution in [0.2, 0.25) is 0 Å². The number of likely N-dealkylation sites (tertiary alicyclic amines) is 1. The molecule has 1 unspecified atom stereocenters. The van der Waals surface area contributed by atoms with Crippen molar-refractivity contribution in [2.24, 2.45) is 0 Å². The topological polar surface area (TPSA) is 52.5 Å². The molecule has 0 aromatic carbocycles. The fourth-order valence-corrected chi connectivity index (χ4v) is 3.15. The summed E-state index contributed by atoms with van der Waals surface area (Å²) in [6.07, 6.45) is 4.60. The van der Waals surface area contributed by atoms with Gasteiger partial charge in [0.2, 0.25) is 0 Å². The Bertz CT molecular complexity index is 477. The fraction of sp³-hybridized carbons (Fsp3) is 0.765. The normalized spacial score (nSPS) is 24.0. The fourth-order valence-electron chi connectivity index (χ4n) is 3.15. The SMILES string of the molecule is CC(C)c1nccc(CN2CCCC(O)(CN(C)C)CC2)n1. The van der Waals surface area contributed by atoms with Crippen molar-refractivity contribution < 1.29 is 5.11 Å². The third kappa shape index (κ3) is 5.00. The molecule has 1 aliphatic rings. The summed E-state index contributed by atoms with van der Waals surface area (Å²) in [4.78, 5) is 13.5. The van der Waals surface area contributed by atoms with E-state index in [-0.39, 0.29) is 0 Å². The Morgan fingerprint density at radius 3 is 2.77 bits per heavy atom. The van der Waals surface area contributed by atoms with Crippen LogP contribution >= 0.6 is 0 Å². The first kappa shape index (κ1) is 17.3. The molecule has 2 rings (SSSR count). The molecular weight excluding hydrogens is 276 g/mol. The molecule has 0 bridgehead atoms. The van der Waals surface area contributed by atoms with Gasteiger partial charge in [-0.15, -0.1) is 0 Å². The van der Waals surface area contributed by atoms with Gasteiger partial charge >= 0.3 is 0 Å². The van der Waals surface area contributed by atoms with Crippen molar-refractivity contribution in [1.29, 1.82) is 0 Å². The highest BCUT2D eigenvalue weighted by Gasteiger charge is 2.30. The Morgan fingerprint density at radius 1 is 1.32 bits per heavy atom. The monoisotopic (exact) mass is 306 g/mol. The van der Waals surface area contributed by atoms with Crippen LogP contribution in [0, 0.1) is 0 Å². The highest BCUT2D eigenvalue weighted by molar-refractivity contribution is 5.05. The summed E-state index contributed by atoms with van der Waals surface area (Å²) in [7, 11) is 4.05. The van der Waals surface area contributed by atoms with E-state index in [1.54, 1.807) is 0 Å². The van der Waals surface area contributed by atoms with Crippen molar-refractivity contribution in [1.82, 2.24) is 19.8 Å². The Balaban J connectivity index is 1.96. The van der Waals surface area contributed by atoms with Gasteiger partial charge in [-0.3, -0.25) is 4.90 Å². The minimum absolute atomic E-state index is 0.356. The zero-order chi connectivity index (χ0) is 16.2. The van der Waals surface area contributed by atoms with E-state index in [1.807, 2.05) is 26.4 Å². The maximum Gasteiger partial charge on any atom is 0.131 e. The van der Waals surface area contributed by atoms with Crippen molar-refractivity contribution >= 4 is 0 Å². The predicted octanol–water partition coefficient (Wildman–Crippen LogP) is 1.88. The number of aliphatic hydroxyl groups is 1. The largest absolute Gasteiger partial charge is 0.389 e. The highest BCUT2D eigenvalue weighted by Crippen LogP contribution is 2.23. The predicted molar refractivity (Wildman–Crippen MR) is 88.8 cm³/mol. The summed E-state index contributed by atoms with van der Waals surface area (Å²) in [5.74, 6) is 1.27. The van der Waals surface area contributed by atoms with E-state index in [0.717, 1.165) is 57.0 Å². The molecule has 22 heavy (non-hydrogen) atoms. The number of rotatable bonds is 5. The highest BCUT2D eigenvalue weighted by atomic mass is 16.3. The molecule has 0 amide bonds. The third-order valence-corrected chi connectivity index (χ3v) is 4.25. The molecule has 1 N–H and O–H groups in total. The molecule has 0 radical (unpaired) electrons. The summed E-state index contributed by atoms with van der Waals surface area (Å²) in [5, 5.41) is 10.7. The van der Waals surface area contributed by atoms with Crippen LogP contribution in [-0.4, -0.2) is 64.2 Å². The van der Waals surface area contributed by atoms with Crippen molar-refractivity contribution in [2.45, 2.75) is 51.2 Å². The van der Waals surface area contributed by atoms with E-state index in [2.05, 4.69) is 33.6 Å². The lowest BCUT2D eigenvalue weighted by molar-refractivity contribution is 0.00255. The first-order valence-electron chi connectivity index (χ1n) is 8.29. The van der Waals surface area contributed by atoms with Gasteiger partial charge in [0.1, 0.15) is 5.82 Å². The molecule has 1 saturated heterocycles. The van der Waals surface area contributed by atoms with Gasteiger partial charge in [0.05, 0.1) is 11.3 Å². The standard InChI is InChI=1S/C17H30N4O/c1-14(2)16-18-9-6-15(19-16)12-21-10-5-7-17(22,8-11-21)13-20(3)4/h6,9,14,22H,5,7-8,10-13H2,1-4H3. The first-order valence-corrected chi connectivity index (χ1v) is 8.29. The van der Waals surface area contributed by atoms with Crippen LogP contribution in [0.25, 0.3) is 0 Å². The zero-order valence-corrected chi connectivity index (χ0v) is 14.4. The molecule has 0 spiro atoms. The average molecular weight is 306 g/mol. The molecule has 2 heterocycles. The average Bonchev–Trinajstić information content (AvgIpc) is 2.60. The summed E-state index contributed by atoms with van der Waals surface area (Å²) in [6, 6.07) is 2.00. The van der Waals surface area contributed by atoms with Gasteiger partial charge in [0.25, 0.3) is 0 Å². The Kier molecular flexibility index (Phi) is 5.89. The van der Waals surface area contributed by atoms with Crippen LogP contribution in [0.15, 0.2) is 12.3 Å². The molecule has 1 aliphatic heterocycles. The van der Waals surface area contributed by atoms with Gasteiger partial charge in [-0.25, -0.2) is 9.97 Å². The number of likely N-dealkylation sites (N-methyl/N-ethyl adjacent to an activating group) is 1. The number of nitrogens with zero attached hydrogens (tertiary/aromatic N) is 4. The van der Waals surface area contributed by atoms with E-state index < -0.39 is 5.60 Å². The molecule has 1 fully saturated rings. The van der Waals surface area contributed by atoms with E-state index in [4.69, 9.17) is 0 Å². The Hall–Kier alpha value is -1.04. The summed E-state index contributed by atoms with van der Waals surface area (Å²) in [5.41, 5.74) is 0.532. The molecule has 0 saturated carbocycles. The summed E-state index contributed by atoms with van der Waals surface area (Å²) < 4.78 is 0. The first-order chi connectivity index (χ1) is 10.4. The van der Waals surface area contributed by atoms with E-state index in [1.165, 1.54) is 0 Å². The van der Waals surface area contributed by atoms with E-state index >= 15 is 0 Å². The second-order valence-corrected chi connectivity index (χ2v) is 7.15. The third-order valence-electron chi connectivity index (χ3n) is 4.25. The molecule has 1 aromatic heterocycles. The van der Waals surface area contributed by atoms with Gasteiger partial charge in [-0.05, 0) is 46.0 Å². The lowest BCUT2D eigenvalue weighted by atomic mass is 9.94. The molecule has 5 nitrogen and oxygen atoms in total. The minimum atomic E-state index is -0.549. The molecule has 1 aromatic rings. The van der Waals surface area contributed by atoms with E-state index in [9.17, 15) is 5.11 Å². The second-order valence-electron chi connectivity index (χ2n) is 7.15. The van der Waals surface area contributed by atoms with Crippen molar-refractivity contribution in [3.63, 3.8) is 0 Å². The maximum absolute atomic E-state index is 10.7. The van der Waals surface area contributed by atoms with Gasteiger partial charge in [-0.2, -0.15) is 0 Å². The van der Waals surface area contributed by atoms with Crippen molar-refractivity contribution in [3.05, 3.63) is 23.8 Å². The Morgan fingerprint density at radius 2 is 2.09 bits per heavy atom. The van der Waals surface area contributed by atoms with Crippen LogP contribution in [0.3, 0.4) is 0 Å². The lowest BCUT2D eigenvalue weighted by Gasteiger charge is -2.30.